The van der Waals surface area contributed by atoms with Crippen molar-refractivity contribution >= 4 is 29.4 Å². The van der Waals surface area contributed by atoms with Gasteiger partial charge in [-0.05, 0) is 36.1 Å². The van der Waals surface area contributed by atoms with Crippen LogP contribution in [0.5, 0.6) is 0 Å². The number of thioether (sulfide) groups is 1. The summed E-state index contributed by atoms with van der Waals surface area (Å²) < 4.78 is 13.7. The van der Waals surface area contributed by atoms with Crippen LogP contribution in [0, 0.1) is 5.82 Å². The predicted octanol–water partition coefficient (Wildman–Crippen LogP) is 2.79. The summed E-state index contributed by atoms with van der Waals surface area (Å²) in [6.45, 7) is 2.66. The van der Waals surface area contributed by atoms with E-state index in [1.807, 2.05) is 11.8 Å². The van der Waals surface area contributed by atoms with Crippen molar-refractivity contribution in [3.05, 3.63) is 29.6 Å². The molecule has 0 aliphatic heterocycles. The predicted molar refractivity (Wildman–Crippen MR) is 89.1 cm³/mol. The molecule has 1 aromatic rings. The van der Waals surface area contributed by atoms with Crippen LogP contribution in [0.1, 0.15) is 23.7 Å². The summed E-state index contributed by atoms with van der Waals surface area (Å²) in [6, 6.07) is 3.57. The van der Waals surface area contributed by atoms with Gasteiger partial charge in [0.2, 0.25) is 0 Å². The van der Waals surface area contributed by atoms with Gasteiger partial charge < -0.3 is 15.5 Å². The minimum absolute atomic E-state index is 0.0675. The zero-order valence-corrected chi connectivity index (χ0v) is 13.9. The molecule has 122 valence electrons. The lowest BCUT2D eigenvalue weighted by molar-refractivity contribution is 0.0823. The number of hydrogen-bond donors (Lipinski definition) is 2. The standard InChI is InChI=1S/C15H22FN3O2S/c1-4-22-9-5-8-17-15(21)18-11-6-7-13(16)12(10-11)14(20)19(2)3/h6-7,10H,4-5,8-9H2,1-3H3,(H2,17,18,21). The number of halogens is 1. The largest absolute Gasteiger partial charge is 0.345 e. The van der Waals surface area contributed by atoms with E-state index in [4.69, 9.17) is 0 Å². The quantitative estimate of drug-likeness (QED) is 0.757. The van der Waals surface area contributed by atoms with Gasteiger partial charge in [0.05, 0.1) is 5.56 Å². The van der Waals surface area contributed by atoms with Gasteiger partial charge in [-0.2, -0.15) is 11.8 Å². The minimum Gasteiger partial charge on any atom is -0.345 e. The van der Waals surface area contributed by atoms with Crippen molar-refractivity contribution < 1.29 is 14.0 Å². The van der Waals surface area contributed by atoms with Gasteiger partial charge in [-0.25, -0.2) is 9.18 Å². The van der Waals surface area contributed by atoms with Gasteiger partial charge in [0.1, 0.15) is 5.82 Å². The van der Waals surface area contributed by atoms with Gasteiger partial charge in [0.15, 0.2) is 0 Å². The second-order valence-electron chi connectivity index (χ2n) is 4.83. The molecule has 0 aliphatic rings. The van der Waals surface area contributed by atoms with Gasteiger partial charge >= 0.3 is 6.03 Å². The first kappa shape index (κ1) is 18.3. The minimum atomic E-state index is -0.610. The molecule has 0 saturated carbocycles. The molecule has 0 fully saturated rings. The van der Waals surface area contributed by atoms with Crippen molar-refractivity contribution in [1.82, 2.24) is 10.2 Å². The topological polar surface area (TPSA) is 61.4 Å². The van der Waals surface area contributed by atoms with Crippen molar-refractivity contribution in [2.45, 2.75) is 13.3 Å². The molecule has 1 aromatic carbocycles. The number of amides is 3. The van der Waals surface area contributed by atoms with Crippen LogP contribution in [-0.2, 0) is 0 Å². The third-order valence-corrected chi connectivity index (χ3v) is 3.80. The summed E-state index contributed by atoms with van der Waals surface area (Å²) in [7, 11) is 3.09. The Balaban J connectivity index is 2.57. The molecule has 0 bridgehead atoms. The van der Waals surface area contributed by atoms with Crippen molar-refractivity contribution in [2.75, 3.05) is 37.5 Å². The Kier molecular flexibility index (Phi) is 7.73. The lowest BCUT2D eigenvalue weighted by Crippen LogP contribution is -2.30. The molecule has 22 heavy (non-hydrogen) atoms. The van der Waals surface area contributed by atoms with Crippen molar-refractivity contribution in [1.29, 1.82) is 0 Å². The molecule has 0 spiro atoms. The summed E-state index contributed by atoms with van der Waals surface area (Å²) >= 11 is 1.82. The van der Waals surface area contributed by atoms with Gasteiger partial charge in [0, 0.05) is 26.3 Å². The first-order valence-electron chi connectivity index (χ1n) is 7.09. The van der Waals surface area contributed by atoms with E-state index in [9.17, 15) is 14.0 Å². The Bertz CT molecular complexity index is 524. The van der Waals surface area contributed by atoms with Gasteiger partial charge in [-0.3, -0.25) is 4.79 Å². The molecule has 0 heterocycles. The SMILES string of the molecule is CCSCCCNC(=O)Nc1ccc(F)c(C(=O)N(C)C)c1. The van der Waals surface area contributed by atoms with E-state index in [1.54, 1.807) is 14.1 Å². The number of urea groups is 1. The summed E-state index contributed by atoms with van der Waals surface area (Å²) in [5, 5.41) is 5.32. The fourth-order valence-corrected chi connectivity index (χ4v) is 2.34. The van der Waals surface area contributed by atoms with Crippen LogP contribution in [0.4, 0.5) is 14.9 Å². The zero-order chi connectivity index (χ0) is 16.5. The molecule has 0 atom stereocenters. The van der Waals surface area contributed by atoms with E-state index in [0.29, 0.717) is 12.2 Å². The Labute approximate surface area is 134 Å². The Hall–Kier alpha value is -1.76. The summed E-state index contributed by atoms with van der Waals surface area (Å²) in [6.07, 6.45) is 0.889. The maximum atomic E-state index is 13.7. The number of carbonyl (C=O) groups is 2. The third kappa shape index (κ3) is 5.93. The number of anilines is 1. The van der Waals surface area contributed by atoms with Crippen LogP contribution in [0.2, 0.25) is 0 Å². The second kappa shape index (κ2) is 9.30. The number of hydrogen-bond acceptors (Lipinski definition) is 3. The Morgan fingerprint density at radius 1 is 1.32 bits per heavy atom. The molecular formula is C15H22FN3O2S. The molecule has 7 heteroatoms. The summed E-state index contributed by atoms with van der Waals surface area (Å²) in [4.78, 5) is 24.8. The molecule has 5 nitrogen and oxygen atoms in total. The van der Waals surface area contributed by atoms with Crippen molar-refractivity contribution in [2.24, 2.45) is 0 Å². The van der Waals surface area contributed by atoms with E-state index in [1.165, 1.54) is 23.1 Å². The number of benzene rings is 1. The first-order valence-corrected chi connectivity index (χ1v) is 8.25. The smallest absolute Gasteiger partial charge is 0.319 e. The normalized spacial score (nSPS) is 10.2. The van der Waals surface area contributed by atoms with Crippen LogP contribution in [0.25, 0.3) is 0 Å². The highest BCUT2D eigenvalue weighted by Gasteiger charge is 2.14. The van der Waals surface area contributed by atoms with Crippen LogP contribution in [0.15, 0.2) is 18.2 Å². The highest BCUT2D eigenvalue weighted by molar-refractivity contribution is 7.99. The third-order valence-electron chi connectivity index (χ3n) is 2.82. The molecule has 0 aliphatic carbocycles. The first-order chi connectivity index (χ1) is 10.5. The molecule has 0 aromatic heterocycles. The average Bonchev–Trinajstić information content (AvgIpc) is 2.48. The van der Waals surface area contributed by atoms with Crippen molar-refractivity contribution in [3.63, 3.8) is 0 Å². The molecule has 0 unspecified atom stereocenters. The Morgan fingerprint density at radius 2 is 2.05 bits per heavy atom. The molecular weight excluding hydrogens is 305 g/mol. The number of carbonyl (C=O) groups excluding carboxylic acids is 2. The van der Waals surface area contributed by atoms with E-state index < -0.39 is 11.7 Å². The maximum absolute atomic E-state index is 13.7. The average molecular weight is 327 g/mol. The number of rotatable bonds is 7. The Morgan fingerprint density at radius 3 is 2.68 bits per heavy atom. The van der Waals surface area contributed by atoms with E-state index in [2.05, 4.69) is 17.6 Å². The number of nitrogens with zero attached hydrogens (tertiary/aromatic N) is 1. The van der Waals surface area contributed by atoms with Gasteiger partial charge in [0.25, 0.3) is 5.91 Å². The molecule has 1 rings (SSSR count). The summed E-state index contributed by atoms with van der Waals surface area (Å²) in [5.41, 5.74) is 0.314. The summed E-state index contributed by atoms with van der Waals surface area (Å²) in [5.74, 6) is 0.999. The van der Waals surface area contributed by atoms with Crippen LogP contribution >= 0.6 is 11.8 Å². The van der Waals surface area contributed by atoms with Crippen LogP contribution < -0.4 is 10.6 Å². The molecule has 0 saturated heterocycles. The monoisotopic (exact) mass is 327 g/mol. The van der Waals surface area contributed by atoms with E-state index in [0.717, 1.165) is 17.9 Å². The second-order valence-corrected chi connectivity index (χ2v) is 6.22. The fraction of sp³-hybridized carbons (Fsp3) is 0.467. The zero-order valence-electron chi connectivity index (χ0n) is 13.1. The number of nitrogens with one attached hydrogen (secondary N) is 2. The lowest BCUT2D eigenvalue weighted by Gasteiger charge is -2.13. The van der Waals surface area contributed by atoms with E-state index >= 15 is 0 Å². The highest BCUT2D eigenvalue weighted by atomic mass is 32.2. The molecule has 0 radical (unpaired) electrons. The van der Waals surface area contributed by atoms with Gasteiger partial charge in [-0.15, -0.1) is 0 Å². The van der Waals surface area contributed by atoms with E-state index in [-0.39, 0.29) is 11.6 Å². The molecule has 2 N–H and O–H groups in total. The van der Waals surface area contributed by atoms with Crippen LogP contribution in [-0.4, -0.2) is 49.0 Å². The van der Waals surface area contributed by atoms with Crippen molar-refractivity contribution in [3.8, 4) is 0 Å². The molecule has 3 amide bonds. The fourth-order valence-electron chi connectivity index (χ4n) is 1.70. The van der Waals surface area contributed by atoms with Crippen LogP contribution in [0.3, 0.4) is 0 Å². The maximum Gasteiger partial charge on any atom is 0.319 e. The lowest BCUT2D eigenvalue weighted by atomic mass is 10.1. The van der Waals surface area contributed by atoms with Gasteiger partial charge in [-0.1, -0.05) is 6.92 Å². The highest BCUT2D eigenvalue weighted by Crippen LogP contribution is 2.16.